The van der Waals surface area contributed by atoms with Gasteiger partial charge in [-0.3, -0.25) is 9.59 Å². The highest BCUT2D eigenvalue weighted by Gasteiger charge is 2.34. The predicted octanol–water partition coefficient (Wildman–Crippen LogP) is 3.07. The fraction of sp³-hybridized carbons (Fsp3) is 0.300. The van der Waals surface area contributed by atoms with Gasteiger partial charge in [-0.25, -0.2) is 4.39 Å². The van der Waals surface area contributed by atoms with Crippen LogP contribution in [0.2, 0.25) is 0 Å². The molecule has 2 aliphatic heterocycles. The van der Waals surface area contributed by atoms with Crippen LogP contribution in [-0.4, -0.2) is 24.4 Å². The zero-order valence-corrected chi connectivity index (χ0v) is 14.3. The van der Waals surface area contributed by atoms with Gasteiger partial charge < -0.3 is 15.5 Å². The summed E-state index contributed by atoms with van der Waals surface area (Å²) in [6, 6.07) is 11.3. The highest BCUT2D eigenvalue weighted by molar-refractivity contribution is 6.05. The number of carbonyl (C=O) groups excluding carboxylic acids is 2. The first-order valence-corrected chi connectivity index (χ1v) is 8.86. The molecular formula is C20H20FN3O2. The van der Waals surface area contributed by atoms with Gasteiger partial charge in [-0.05, 0) is 55.2 Å². The Balaban J connectivity index is 1.50. The summed E-state index contributed by atoms with van der Waals surface area (Å²) in [5, 5.41) is 5.75. The molecule has 1 saturated heterocycles. The second-order valence-electron chi connectivity index (χ2n) is 6.74. The van der Waals surface area contributed by atoms with Crippen LogP contribution in [0.15, 0.2) is 42.5 Å². The van der Waals surface area contributed by atoms with Crippen molar-refractivity contribution in [2.24, 2.45) is 0 Å². The molecule has 2 aliphatic rings. The van der Waals surface area contributed by atoms with Crippen molar-refractivity contribution in [2.75, 3.05) is 16.8 Å². The molecule has 134 valence electrons. The van der Waals surface area contributed by atoms with Gasteiger partial charge in [-0.2, -0.15) is 0 Å². The quantitative estimate of drug-likeness (QED) is 0.891. The largest absolute Gasteiger partial charge is 0.358 e. The lowest BCUT2D eigenvalue weighted by atomic mass is 9.97. The van der Waals surface area contributed by atoms with E-state index in [9.17, 15) is 14.0 Å². The zero-order valence-electron chi connectivity index (χ0n) is 14.3. The van der Waals surface area contributed by atoms with Crippen LogP contribution in [0.5, 0.6) is 0 Å². The maximum Gasteiger partial charge on any atom is 0.251 e. The molecule has 2 aromatic carbocycles. The van der Waals surface area contributed by atoms with Crippen LogP contribution < -0.4 is 15.5 Å². The maximum atomic E-state index is 12.9. The normalized spacial score (nSPS) is 18.6. The lowest BCUT2D eigenvalue weighted by molar-refractivity contribution is -0.118. The number of nitrogens with one attached hydrogen (secondary N) is 2. The van der Waals surface area contributed by atoms with Crippen LogP contribution in [0, 0.1) is 5.82 Å². The monoisotopic (exact) mass is 353 g/mol. The van der Waals surface area contributed by atoms with Crippen molar-refractivity contribution in [3.63, 3.8) is 0 Å². The van der Waals surface area contributed by atoms with Crippen LogP contribution in [0.4, 0.5) is 15.8 Å². The highest BCUT2D eigenvalue weighted by atomic mass is 19.1. The molecule has 0 spiro atoms. The Labute approximate surface area is 151 Å². The first-order chi connectivity index (χ1) is 12.6. The lowest BCUT2D eigenvalue weighted by Gasteiger charge is -2.41. The van der Waals surface area contributed by atoms with Crippen molar-refractivity contribution >= 4 is 23.2 Å². The summed E-state index contributed by atoms with van der Waals surface area (Å²) < 4.78 is 12.9. The molecule has 2 aromatic rings. The van der Waals surface area contributed by atoms with Gasteiger partial charge in [0.25, 0.3) is 5.91 Å². The van der Waals surface area contributed by atoms with Crippen LogP contribution in [0.25, 0.3) is 0 Å². The molecule has 0 aliphatic carbocycles. The first kappa shape index (κ1) is 16.6. The number of piperidine rings is 1. The summed E-state index contributed by atoms with van der Waals surface area (Å²) in [4.78, 5) is 26.9. The average Bonchev–Trinajstić information content (AvgIpc) is 2.67. The molecule has 0 unspecified atom stereocenters. The van der Waals surface area contributed by atoms with Gasteiger partial charge in [-0.15, -0.1) is 0 Å². The number of amides is 2. The second kappa shape index (κ2) is 6.78. The summed E-state index contributed by atoms with van der Waals surface area (Å²) >= 11 is 0. The van der Waals surface area contributed by atoms with Crippen molar-refractivity contribution in [3.8, 4) is 0 Å². The molecule has 1 fully saturated rings. The Bertz CT molecular complexity index is 851. The van der Waals surface area contributed by atoms with Gasteiger partial charge in [0.15, 0.2) is 0 Å². The van der Waals surface area contributed by atoms with Crippen molar-refractivity contribution in [1.29, 1.82) is 0 Å². The standard InChI is InChI=1S/C20H20FN3O2/c21-15-7-4-13(5-8-15)12-22-19(25)14-6-9-17-16(11-14)23-20(26)18-3-1-2-10-24(17)18/h4-9,11,18H,1-3,10,12H2,(H,22,25)(H,23,26)/t18-/m0/s1. The summed E-state index contributed by atoms with van der Waals surface area (Å²) in [5.74, 6) is -0.533. The number of halogens is 1. The van der Waals surface area contributed by atoms with E-state index in [1.807, 2.05) is 6.07 Å². The van der Waals surface area contributed by atoms with E-state index in [0.29, 0.717) is 17.8 Å². The van der Waals surface area contributed by atoms with Gasteiger partial charge in [0.2, 0.25) is 5.91 Å². The molecule has 1 atom stereocenters. The van der Waals surface area contributed by atoms with Crippen LogP contribution in [0.3, 0.4) is 0 Å². The van der Waals surface area contributed by atoms with Crippen molar-refractivity contribution < 1.29 is 14.0 Å². The van der Waals surface area contributed by atoms with Crippen LogP contribution >= 0.6 is 0 Å². The summed E-state index contributed by atoms with van der Waals surface area (Å²) in [6.07, 6.45) is 3.00. The molecule has 0 saturated carbocycles. The zero-order chi connectivity index (χ0) is 18.1. The number of nitrogens with zero attached hydrogens (tertiary/aromatic N) is 1. The molecular weight excluding hydrogens is 333 g/mol. The Morgan fingerprint density at radius 3 is 2.81 bits per heavy atom. The summed E-state index contributed by atoms with van der Waals surface area (Å²) in [6.45, 7) is 1.18. The van der Waals surface area contributed by atoms with Gasteiger partial charge >= 0.3 is 0 Å². The molecule has 0 radical (unpaired) electrons. The SMILES string of the molecule is O=C(NCc1ccc(F)cc1)c1ccc2c(c1)NC(=O)[C@@H]1CCCCN21. The van der Waals surface area contributed by atoms with E-state index in [1.165, 1.54) is 12.1 Å². The number of benzene rings is 2. The number of rotatable bonds is 3. The third-order valence-electron chi connectivity index (χ3n) is 5.00. The topological polar surface area (TPSA) is 61.4 Å². The smallest absolute Gasteiger partial charge is 0.251 e. The van der Waals surface area contributed by atoms with E-state index in [4.69, 9.17) is 0 Å². The molecule has 6 heteroatoms. The third-order valence-corrected chi connectivity index (χ3v) is 5.00. The fourth-order valence-electron chi connectivity index (χ4n) is 3.62. The van der Waals surface area contributed by atoms with E-state index in [0.717, 1.165) is 37.1 Å². The third kappa shape index (κ3) is 3.14. The molecule has 4 rings (SSSR count). The first-order valence-electron chi connectivity index (χ1n) is 8.86. The van der Waals surface area contributed by atoms with Gasteiger partial charge in [-0.1, -0.05) is 12.1 Å². The summed E-state index contributed by atoms with van der Waals surface area (Å²) in [7, 11) is 0. The number of anilines is 2. The minimum atomic E-state index is -0.304. The van der Waals surface area contributed by atoms with Gasteiger partial charge in [0.05, 0.1) is 11.4 Å². The summed E-state index contributed by atoms with van der Waals surface area (Å²) in [5.41, 5.74) is 2.97. The minimum Gasteiger partial charge on any atom is -0.358 e. The Morgan fingerprint density at radius 2 is 2.00 bits per heavy atom. The Kier molecular flexibility index (Phi) is 4.32. The van der Waals surface area contributed by atoms with E-state index in [2.05, 4.69) is 15.5 Å². The van der Waals surface area contributed by atoms with E-state index in [1.54, 1.807) is 24.3 Å². The van der Waals surface area contributed by atoms with E-state index >= 15 is 0 Å². The number of hydrogen-bond acceptors (Lipinski definition) is 3. The van der Waals surface area contributed by atoms with Gasteiger partial charge in [0.1, 0.15) is 11.9 Å². The lowest BCUT2D eigenvalue weighted by Crippen LogP contribution is -2.50. The molecule has 0 bridgehead atoms. The van der Waals surface area contributed by atoms with Gasteiger partial charge in [0, 0.05) is 18.7 Å². The average molecular weight is 353 g/mol. The van der Waals surface area contributed by atoms with Crippen molar-refractivity contribution in [3.05, 3.63) is 59.4 Å². The number of carbonyl (C=O) groups is 2. The highest BCUT2D eigenvalue weighted by Crippen LogP contribution is 2.36. The number of fused-ring (bicyclic) bond motifs is 3. The Morgan fingerprint density at radius 1 is 1.19 bits per heavy atom. The second-order valence-corrected chi connectivity index (χ2v) is 6.74. The van der Waals surface area contributed by atoms with Crippen LogP contribution in [0.1, 0.15) is 35.2 Å². The molecule has 2 N–H and O–H groups in total. The maximum absolute atomic E-state index is 12.9. The van der Waals surface area contributed by atoms with E-state index in [-0.39, 0.29) is 23.7 Å². The van der Waals surface area contributed by atoms with Crippen LogP contribution in [-0.2, 0) is 11.3 Å². The molecule has 5 nitrogen and oxygen atoms in total. The minimum absolute atomic E-state index is 0.000991. The molecule has 2 amide bonds. The molecule has 0 aromatic heterocycles. The molecule has 2 heterocycles. The van der Waals surface area contributed by atoms with Crippen molar-refractivity contribution in [2.45, 2.75) is 31.8 Å². The van der Waals surface area contributed by atoms with Crippen molar-refractivity contribution in [1.82, 2.24) is 5.32 Å². The number of hydrogen-bond donors (Lipinski definition) is 2. The van der Waals surface area contributed by atoms with E-state index < -0.39 is 0 Å². The Hall–Kier alpha value is -2.89. The predicted molar refractivity (Wildman–Crippen MR) is 97.6 cm³/mol. The fourth-order valence-corrected chi connectivity index (χ4v) is 3.62. The molecule has 26 heavy (non-hydrogen) atoms.